The molecule has 9 heteroatoms. The second-order valence-corrected chi connectivity index (χ2v) is 8.63. The molecule has 0 N–H and O–H groups in total. The lowest BCUT2D eigenvalue weighted by Gasteiger charge is -2.35. The van der Waals surface area contributed by atoms with Gasteiger partial charge in [0.15, 0.2) is 6.10 Å². The maximum absolute atomic E-state index is 13.7. The van der Waals surface area contributed by atoms with Crippen LogP contribution in [0.25, 0.3) is 0 Å². The number of benzene rings is 1. The van der Waals surface area contributed by atoms with Gasteiger partial charge in [-0.05, 0) is 38.1 Å². The molecule has 1 aromatic carbocycles. The summed E-state index contributed by atoms with van der Waals surface area (Å²) in [6.45, 7) is 3.88. The fraction of sp³-hybridized carbons (Fsp3) is 0.304. The summed E-state index contributed by atoms with van der Waals surface area (Å²) in [6, 6.07) is 10.7. The minimum absolute atomic E-state index is 0.121. The third-order valence-electron chi connectivity index (χ3n) is 5.27. The molecule has 0 fully saturated rings. The summed E-state index contributed by atoms with van der Waals surface area (Å²) < 4.78 is 11.1. The molecule has 0 bridgehead atoms. The molecule has 0 spiro atoms. The van der Waals surface area contributed by atoms with E-state index in [-0.39, 0.29) is 18.4 Å². The van der Waals surface area contributed by atoms with Crippen molar-refractivity contribution >= 4 is 29.3 Å². The van der Waals surface area contributed by atoms with Gasteiger partial charge in [0.2, 0.25) is 0 Å². The Morgan fingerprint density at radius 3 is 2.69 bits per heavy atom. The minimum Gasteiger partial charge on any atom is -0.476 e. The molecule has 32 heavy (non-hydrogen) atoms. The van der Waals surface area contributed by atoms with Crippen LogP contribution >= 0.6 is 11.8 Å². The van der Waals surface area contributed by atoms with Crippen molar-refractivity contribution in [3.8, 4) is 5.75 Å². The molecule has 2 amide bonds. The topological polar surface area (TPSA) is 88.8 Å². The van der Waals surface area contributed by atoms with Crippen molar-refractivity contribution in [3.05, 3.63) is 65.2 Å². The van der Waals surface area contributed by atoms with E-state index in [0.717, 1.165) is 17.0 Å². The Morgan fingerprint density at radius 1 is 1.19 bits per heavy atom. The van der Waals surface area contributed by atoms with Crippen LogP contribution in [0.1, 0.15) is 27.4 Å². The molecule has 0 aliphatic carbocycles. The van der Waals surface area contributed by atoms with E-state index in [1.807, 2.05) is 32.0 Å². The highest BCUT2D eigenvalue weighted by atomic mass is 32.2. The summed E-state index contributed by atoms with van der Waals surface area (Å²) >= 11 is 1.45. The van der Waals surface area contributed by atoms with Gasteiger partial charge in [0.25, 0.3) is 11.8 Å². The number of pyridine rings is 1. The number of thioether (sulfide) groups is 1. The van der Waals surface area contributed by atoms with E-state index in [2.05, 4.69) is 10.1 Å². The fourth-order valence-corrected chi connectivity index (χ4v) is 4.65. The average molecular weight is 453 g/mol. The van der Waals surface area contributed by atoms with Crippen molar-refractivity contribution in [3.63, 3.8) is 0 Å². The number of nitrogens with zero attached hydrogens (tertiary/aromatic N) is 4. The van der Waals surface area contributed by atoms with Crippen molar-refractivity contribution in [2.24, 2.45) is 0 Å². The molecule has 3 aromatic rings. The van der Waals surface area contributed by atoms with Crippen LogP contribution in [0.15, 0.2) is 52.1 Å². The smallest absolute Gasteiger partial charge is 0.265 e. The first-order valence-corrected chi connectivity index (χ1v) is 11.1. The number of aromatic nitrogens is 2. The van der Waals surface area contributed by atoms with Gasteiger partial charge < -0.3 is 19.1 Å². The fourth-order valence-electron chi connectivity index (χ4n) is 3.51. The van der Waals surface area contributed by atoms with Gasteiger partial charge in [-0.2, -0.15) is 0 Å². The molecule has 3 heterocycles. The summed E-state index contributed by atoms with van der Waals surface area (Å²) in [5.41, 5.74) is 2.92. The summed E-state index contributed by atoms with van der Waals surface area (Å²) in [7, 11) is 3.34. The number of carbonyl (C=O) groups excluding carboxylic acids is 2. The number of para-hydroxylation sites is 2. The van der Waals surface area contributed by atoms with Gasteiger partial charge in [0.05, 0.1) is 23.5 Å². The van der Waals surface area contributed by atoms with Crippen LogP contribution in [-0.2, 0) is 10.5 Å². The van der Waals surface area contributed by atoms with Crippen LogP contribution in [0.5, 0.6) is 5.75 Å². The van der Waals surface area contributed by atoms with E-state index < -0.39 is 6.10 Å². The second-order valence-electron chi connectivity index (χ2n) is 7.67. The normalized spacial score (nSPS) is 15.1. The van der Waals surface area contributed by atoms with Crippen LogP contribution in [-0.4, -0.2) is 53.6 Å². The van der Waals surface area contributed by atoms with Crippen LogP contribution in [0.4, 0.5) is 5.69 Å². The Bertz CT molecular complexity index is 1140. The number of amides is 2. The van der Waals surface area contributed by atoms with Gasteiger partial charge in [-0.3, -0.25) is 9.59 Å². The van der Waals surface area contributed by atoms with Gasteiger partial charge >= 0.3 is 0 Å². The molecule has 0 unspecified atom stereocenters. The monoisotopic (exact) mass is 452 g/mol. The third-order valence-corrected chi connectivity index (χ3v) is 6.30. The lowest BCUT2D eigenvalue weighted by atomic mass is 10.1. The predicted molar refractivity (Wildman–Crippen MR) is 121 cm³/mol. The van der Waals surface area contributed by atoms with Gasteiger partial charge in [-0.25, -0.2) is 4.98 Å². The largest absolute Gasteiger partial charge is 0.476 e. The average Bonchev–Trinajstić information content (AvgIpc) is 3.13. The van der Waals surface area contributed by atoms with E-state index in [1.165, 1.54) is 16.7 Å². The van der Waals surface area contributed by atoms with Gasteiger partial charge in [0.1, 0.15) is 16.5 Å². The SMILES string of the molecule is Cc1noc(C)c1CSc1ncccc1C(=O)N1C[C@@H](C(=O)N(C)C)Oc2ccccc21. The van der Waals surface area contributed by atoms with Crippen molar-refractivity contribution in [2.75, 3.05) is 25.5 Å². The van der Waals surface area contributed by atoms with Crippen LogP contribution < -0.4 is 9.64 Å². The number of aryl methyl sites for hydroxylation is 2. The molecule has 0 saturated heterocycles. The lowest BCUT2D eigenvalue weighted by Crippen LogP contribution is -2.50. The van der Waals surface area contributed by atoms with Gasteiger partial charge in [-0.1, -0.05) is 17.3 Å². The maximum atomic E-state index is 13.7. The van der Waals surface area contributed by atoms with Crippen molar-refractivity contribution in [1.29, 1.82) is 0 Å². The highest BCUT2D eigenvalue weighted by molar-refractivity contribution is 7.98. The zero-order chi connectivity index (χ0) is 22.8. The Labute approximate surface area is 190 Å². The lowest BCUT2D eigenvalue weighted by molar-refractivity contribution is -0.135. The highest BCUT2D eigenvalue weighted by Crippen LogP contribution is 2.36. The summed E-state index contributed by atoms with van der Waals surface area (Å²) in [4.78, 5) is 33.8. The van der Waals surface area contributed by atoms with E-state index in [4.69, 9.17) is 9.26 Å². The zero-order valence-corrected chi connectivity index (χ0v) is 19.2. The molecular formula is C23H24N4O4S. The molecule has 2 aromatic heterocycles. The Morgan fingerprint density at radius 2 is 1.97 bits per heavy atom. The van der Waals surface area contributed by atoms with E-state index >= 15 is 0 Å². The number of anilines is 1. The van der Waals surface area contributed by atoms with Crippen LogP contribution in [0.2, 0.25) is 0 Å². The Balaban J connectivity index is 1.64. The molecular weight excluding hydrogens is 428 g/mol. The van der Waals surface area contributed by atoms with E-state index in [1.54, 1.807) is 43.4 Å². The molecule has 1 aliphatic rings. The zero-order valence-electron chi connectivity index (χ0n) is 18.4. The van der Waals surface area contributed by atoms with Crippen LogP contribution in [0.3, 0.4) is 0 Å². The molecule has 1 aliphatic heterocycles. The molecule has 4 rings (SSSR count). The first-order chi connectivity index (χ1) is 15.4. The van der Waals surface area contributed by atoms with Crippen molar-refractivity contribution < 1.29 is 18.8 Å². The number of fused-ring (bicyclic) bond motifs is 1. The Kier molecular flexibility index (Phi) is 6.18. The number of hydrogen-bond acceptors (Lipinski definition) is 7. The molecule has 0 radical (unpaired) electrons. The highest BCUT2D eigenvalue weighted by Gasteiger charge is 2.35. The quantitative estimate of drug-likeness (QED) is 0.548. The minimum atomic E-state index is -0.779. The predicted octanol–water partition coefficient (Wildman–Crippen LogP) is 3.47. The number of rotatable bonds is 5. The number of likely N-dealkylation sites (N-methyl/N-ethyl adjacent to an activating group) is 1. The third kappa shape index (κ3) is 4.20. The van der Waals surface area contributed by atoms with Crippen molar-refractivity contribution in [1.82, 2.24) is 15.0 Å². The molecule has 166 valence electrons. The van der Waals surface area contributed by atoms with E-state index in [0.29, 0.717) is 27.8 Å². The maximum Gasteiger partial charge on any atom is 0.265 e. The van der Waals surface area contributed by atoms with Crippen molar-refractivity contribution in [2.45, 2.75) is 30.7 Å². The first-order valence-electron chi connectivity index (χ1n) is 10.1. The summed E-state index contributed by atoms with van der Waals surface area (Å²) in [5.74, 6) is 1.41. The number of ether oxygens (including phenoxy) is 1. The summed E-state index contributed by atoms with van der Waals surface area (Å²) in [5, 5.41) is 4.60. The summed E-state index contributed by atoms with van der Waals surface area (Å²) in [6.07, 6.45) is 0.886. The molecule has 0 saturated carbocycles. The first kappa shape index (κ1) is 21.9. The number of carbonyl (C=O) groups is 2. The standard InChI is InChI=1S/C23H24N4O4S/c1-14-17(15(2)31-25-14)13-32-21-16(8-7-11-24-21)22(28)27-12-20(23(29)26(3)4)30-19-10-6-5-9-18(19)27/h5-11,20H,12-13H2,1-4H3/t20-/m0/s1. The van der Waals surface area contributed by atoms with Gasteiger partial charge in [0, 0.05) is 31.6 Å². The second kappa shape index (κ2) is 9.04. The van der Waals surface area contributed by atoms with E-state index in [9.17, 15) is 9.59 Å². The molecule has 8 nitrogen and oxygen atoms in total. The van der Waals surface area contributed by atoms with Gasteiger partial charge in [-0.15, -0.1) is 11.8 Å². The Hall–Kier alpha value is -3.33. The van der Waals surface area contributed by atoms with Crippen LogP contribution in [0, 0.1) is 13.8 Å². The molecule has 1 atom stereocenters. The number of hydrogen-bond donors (Lipinski definition) is 0.